The molecule has 2 bridgehead atoms. The van der Waals surface area contributed by atoms with E-state index in [0.717, 1.165) is 18.9 Å². The van der Waals surface area contributed by atoms with Crippen molar-refractivity contribution in [3.63, 3.8) is 0 Å². The second kappa shape index (κ2) is 11.1. The number of nitrogen functional groups attached to an aromatic ring is 1. The summed E-state index contributed by atoms with van der Waals surface area (Å²) in [5, 5.41) is 2.27. The van der Waals surface area contributed by atoms with E-state index >= 15 is 13.2 Å². The maximum absolute atomic E-state index is 16.4. The number of aromatic nitrogens is 2. The number of alkyl halides is 4. The topological polar surface area (TPSA) is 79.5 Å². The molecule has 7 nitrogen and oxygen atoms in total. The van der Waals surface area contributed by atoms with Crippen LogP contribution in [0.2, 0.25) is 5.02 Å². The number of piperidine rings is 1. The van der Waals surface area contributed by atoms with Crippen molar-refractivity contribution in [2.24, 2.45) is 5.41 Å². The first-order valence-electron chi connectivity index (χ1n) is 14.2. The third kappa shape index (κ3) is 5.38. The van der Waals surface area contributed by atoms with Crippen LogP contribution in [0.4, 0.5) is 42.2 Å². The minimum absolute atomic E-state index is 0.0824. The van der Waals surface area contributed by atoms with Gasteiger partial charge in [0.25, 0.3) is 0 Å². The second-order valence-electron chi connectivity index (χ2n) is 12.3. The average Bonchev–Trinajstić information content (AvgIpc) is 3.28. The number of benzene rings is 2. The molecule has 15 heteroatoms. The zero-order valence-electron chi connectivity index (χ0n) is 23.8. The van der Waals surface area contributed by atoms with Crippen molar-refractivity contribution in [1.82, 2.24) is 20.2 Å². The van der Waals surface area contributed by atoms with Gasteiger partial charge < -0.3 is 25.6 Å². The number of rotatable bonds is 5. The second-order valence-corrected chi connectivity index (χ2v) is 12.7. The minimum Gasteiger partial charge on any atom is -0.463 e. The summed E-state index contributed by atoms with van der Waals surface area (Å²) in [7, 11) is 1.84. The van der Waals surface area contributed by atoms with Crippen LogP contribution in [-0.4, -0.2) is 73.0 Å². The lowest BCUT2D eigenvalue weighted by molar-refractivity contribution is -0.137. The molecule has 2 aromatic carbocycles. The number of fused-ring (bicyclic) bond motifs is 3. The quantitative estimate of drug-likeness (QED) is 0.261. The van der Waals surface area contributed by atoms with Gasteiger partial charge in [-0.15, -0.1) is 0 Å². The Morgan fingerprint density at radius 1 is 1.07 bits per heavy atom. The van der Waals surface area contributed by atoms with Gasteiger partial charge in [-0.25, -0.2) is 17.6 Å². The predicted molar refractivity (Wildman–Crippen MR) is 152 cm³/mol. The molecule has 3 saturated heterocycles. The minimum atomic E-state index is -5.29. The Kier molecular flexibility index (Phi) is 7.77. The molecule has 0 spiro atoms. The number of halogens is 8. The Morgan fingerprint density at radius 2 is 1.75 bits per heavy atom. The lowest BCUT2D eigenvalue weighted by Gasteiger charge is -2.40. The summed E-state index contributed by atoms with van der Waals surface area (Å²) in [6.07, 6.45) is -4.47. The molecule has 3 N–H and O–H groups in total. The number of hydrogen-bond acceptors (Lipinski definition) is 7. The summed E-state index contributed by atoms with van der Waals surface area (Å²) in [6.45, 7) is 3.28. The van der Waals surface area contributed by atoms with Gasteiger partial charge in [0.15, 0.2) is 11.6 Å². The summed E-state index contributed by atoms with van der Waals surface area (Å²) >= 11 is 5.80. The van der Waals surface area contributed by atoms with Crippen molar-refractivity contribution in [2.75, 3.05) is 50.5 Å². The molecule has 3 aliphatic heterocycles. The fraction of sp³-hybridized carbons (Fsp3) is 0.517. The maximum atomic E-state index is 16.4. The summed E-state index contributed by atoms with van der Waals surface area (Å²) in [5.74, 6) is -4.66. The van der Waals surface area contributed by atoms with Gasteiger partial charge in [-0.1, -0.05) is 18.5 Å². The number of likely N-dealkylation sites (tertiary alicyclic amines) is 1. The molecule has 1 aromatic heterocycles. The average molecular weight is 647 g/mol. The van der Waals surface area contributed by atoms with Gasteiger partial charge in [0, 0.05) is 54.6 Å². The third-order valence-corrected chi connectivity index (χ3v) is 9.12. The Morgan fingerprint density at radius 3 is 2.41 bits per heavy atom. The van der Waals surface area contributed by atoms with Crippen LogP contribution in [0, 0.1) is 22.9 Å². The highest BCUT2D eigenvalue weighted by atomic mass is 35.5. The fourth-order valence-corrected chi connectivity index (χ4v) is 6.98. The van der Waals surface area contributed by atoms with Crippen LogP contribution in [0.5, 0.6) is 6.01 Å². The Hall–Kier alpha value is -3.10. The van der Waals surface area contributed by atoms with Crippen LogP contribution < -0.4 is 20.7 Å². The number of anilines is 2. The van der Waals surface area contributed by atoms with Crippen molar-refractivity contribution in [1.29, 1.82) is 0 Å². The SMILES string of the molecule is CN1CC[C@@H](F)[C@@](C)(COc2nc(N3C[C@H]4CC[C@@H](C3)N4)c3cc(F)c(-c4c(F)c(N)cc(Cl)c4C(F)(F)F)c(F)c3n2)C1. The highest BCUT2D eigenvalue weighted by molar-refractivity contribution is 6.32. The van der Waals surface area contributed by atoms with Crippen LogP contribution in [0.3, 0.4) is 0 Å². The van der Waals surface area contributed by atoms with E-state index in [2.05, 4.69) is 15.3 Å². The zero-order chi connectivity index (χ0) is 31.7. The van der Waals surface area contributed by atoms with Gasteiger partial charge >= 0.3 is 12.2 Å². The van der Waals surface area contributed by atoms with Crippen molar-refractivity contribution in [3.05, 3.63) is 40.2 Å². The van der Waals surface area contributed by atoms with Gasteiger partial charge in [0.2, 0.25) is 0 Å². The highest BCUT2D eigenvalue weighted by Crippen LogP contribution is 2.47. The summed E-state index contributed by atoms with van der Waals surface area (Å²) < 4.78 is 111. The smallest absolute Gasteiger partial charge is 0.418 e. The molecule has 238 valence electrons. The first-order valence-corrected chi connectivity index (χ1v) is 14.5. The van der Waals surface area contributed by atoms with E-state index in [0.29, 0.717) is 32.2 Å². The van der Waals surface area contributed by atoms with Crippen LogP contribution in [0.25, 0.3) is 22.0 Å². The molecule has 0 radical (unpaired) electrons. The lowest BCUT2D eigenvalue weighted by atomic mass is 9.81. The highest BCUT2D eigenvalue weighted by Gasteiger charge is 2.42. The van der Waals surface area contributed by atoms with E-state index in [1.165, 1.54) is 0 Å². The van der Waals surface area contributed by atoms with Crippen molar-refractivity contribution >= 4 is 34.0 Å². The molecule has 0 amide bonds. The maximum Gasteiger partial charge on any atom is 0.418 e. The van der Waals surface area contributed by atoms with E-state index in [1.54, 1.807) is 11.8 Å². The van der Waals surface area contributed by atoms with Crippen molar-refractivity contribution < 1.29 is 35.5 Å². The molecule has 6 rings (SSSR count). The summed E-state index contributed by atoms with van der Waals surface area (Å²) in [6, 6.07) is 1.10. The van der Waals surface area contributed by atoms with Gasteiger partial charge in [-0.3, -0.25) is 0 Å². The molecule has 3 aliphatic rings. The van der Waals surface area contributed by atoms with Gasteiger partial charge in [0.05, 0.1) is 21.8 Å². The van der Waals surface area contributed by atoms with E-state index < -0.39 is 68.1 Å². The monoisotopic (exact) mass is 646 g/mol. The summed E-state index contributed by atoms with van der Waals surface area (Å²) in [4.78, 5) is 12.3. The molecule has 0 saturated carbocycles. The van der Waals surface area contributed by atoms with E-state index in [4.69, 9.17) is 22.1 Å². The van der Waals surface area contributed by atoms with Crippen LogP contribution in [0.15, 0.2) is 12.1 Å². The summed E-state index contributed by atoms with van der Waals surface area (Å²) in [5.41, 5.74) is -1.43. The largest absolute Gasteiger partial charge is 0.463 e. The van der Waals surface area contributed by atoms with Gasteiger partial charge in [-0.05, 0) is 38.4 Å². The molecule has 3 aromatic rings. The Labute approximate surface area is 253 Å². The molecule has 4 heterocycles. The molecule has 44 heavy (non-hydrogen) atoms. The molecule has 4 atom stereocenters. The standard InChI is InChI=1S/C29H30ClF7N6O/c1-28(11-42(2)6-5-19(28)32)12-44-27-40-25-15(26(41-27)43-9-13-3-4-14(10-43)39-13)7-17(31)20(24(25)34)21-22(29(35,36)37)16(30)8-18(38)23(21)33/h7-8,13-14,19,39H,3-6,9-12,38H2,1-2H3/t13-,14+,19-,28-/m1/s1. The number of nitrogens with one attached hydrogen (secondary N) is 1. The third-order valence-electron chi connectivity index (χ3n) is 8.82. The van der Waals surface area contributed by atoms with Crippen LogP contribution >= 0.6 is 11.6 Å². The number of nitrogens with zero attached hydrogens (tertiary/aromatic N) is 4. The first kappa shape index (κ1) is 30.9. The lowest BCUT2D eigenvalue weighted by Crippen LogP contribution is -2.51. The number of piperazine rings is 1. The predicted octanol–water partition coefficient (Wildman–Crippen LogP) is 5.97. The number of nitrogens with two attached hydrogens (primary N) is 1. The first-order chi connectivity index (χ1) is 20.7. The van der Waals surface area contributed by atoms with Gasteiger partial charge in [-0.2, -0.15) is 23.1 Å². The zero-order valence-corrected chi connectivity index (χ0v) is 24.6. The molecular weight excluding hydrogens is 617 g/mol. The normalized spacial score (nSPS) is 26.0. The van der Waals surface area contributed by atoms with E-state index in [-0.39, 0.29) is 42.3 Å². The Balaban J connectivity index is 1.53. The van der Waals surface area contributed by atoms with Crippen LogP contribution in [-0.2, 0) is 6.18 Å². The fourth-order valence-electron chi connectivity index (χ4n) is 6.66. The Bertz CT molecular complexity index is 1610. The molecule has 0 unspecified atom stereocenters. The van der Waals surface area contributed by atoms with Crippen molar-refractivity contribution in [2.45, 2.75) is 50.6 Å². The van der Waals surface area contributed by atoms with Crippen molar-refractivity contribution in [3.8, 4) is 17.1 Å². The van der Waals surface area contributed by atoms with Gasteiger partial charge in [0.1, 0.15) is 29.9 Å². The number of hydrogen-bond donors (Lipinski definition) is 2. The molecule has 3 fully saturated rings. The molecule has 0 aliphatic carbocycles. The van der Waals surface area contributed by atoms with Crippen LogP contribution in [0.1, 0.15) is 31.7 Å². The molecular formula is C29H30ClF7N6O. The van der Waals surface area contributed by atoms with E-state index in [9.17, 15) is 17.6 Å². The van der Waals surface area contributed by atoms with E-state index in [1.807, 2.05) is 11.9 Å². The number of ether oxygens (including phenoxy) is 1.